The van der Waals surface area contributed by atoms with Gasteiger partial charge in [0.25, 0.3) is 0 Å². The summed E-state index contributed by atoms with van der Waals surface area (Å²) >= 11 is 0. The Balaban J connectivity index is 0.000000531. The van der Waals surface area contributed by atoms with Crippen molar-refractivity contribution < 1.29 is 20.5 Å². The van der Waals surface area contributed by atoms with Crippen molar-refractivity contribution in [3.8, 4) is 0 Å². The van der Waals surface area contributed by atoms with Crippen molar-refractivity contribution in [1.82, 2.24) is 0 Å². The minimum absolute atomic E-state index is 0. The molecule has 5 nitrogen and oxygen atoms in total. The molecule has 0 atom stereocenters. The van der Waals surface area contributed by atoms with E-state index in [4.69, 9.17) is 15.2 Å². The smallest absolute Gasteiger partial charge is 0.219 e. The summed E-state index contributed by atoms with van der Waals surface area (Å²) in [5.74, 6) is 2.01. The number of rotatable bonds is 9. The van der Waals surface area contributed by atoms with Crippen molar-refractivity contribution in [3.63, 3.8) is 0 Å². The molecule has 0 aromatic heterocycles. The number of carbonyl (C=O) groups is 2. The van der Waals surface area contributed by atoms with Crippen molar-refractivity contribution in [2.24, 2.45) is 23.5 Å². The summed E-state index contributed by atoms with van der Waals surface area (Å²) in [6.07, 6.45) is 12.2. The molecule has 2 aliphatic rings. The van der Waals surface area contributed by atoms with E-state index in [2.05, 4.69) is 0 Å². The number of nitrogens with two attached hydrogens (primary N) is 1. The summed E-state index contributed by atoms with van der Waals surface area (Å²) in [5, 5.41) is 0. The van der Waals surface area contributed by atoms with Crippen molar-refractivity contribution in [3.05, 3.63) is 0 Å². The number of carbonyl (C=O) groups excluding carboxylic acids is 2. The minimum atomic E-state index is -0.288. The average molecular weight is 372 g/mol. The summed E-state index contributed by atoms with van der Waals surface area (Å²) in [5.41, 5.74) is 5.03. The monoisotopic (exact) mass is 371 g/mol. The van der Waals surface area contributed by atoms with Gasteiger partial charge in [-0.1, -0.05) is 26.2 Å². The quantitative estimate of drug-likeness (QED) is 0.618. The van der Waals surface area contributed by atoms with E-state index in [1.54, 1.807) is 7.11 Å². The lowest BCUT2D eigenvalue weighted by Gasteiger charge is -2.27. The van der Waals surface area contributed by atoms with Gasteiger partial charge in [-0.2, -0.15) is 0 Å². The molecule has 0 aliphatic heterocycles. The molecule has 0 unspecified atom stereocenters. The maximum atomic E-state index is 11.2. The first kappa shape index (κ1) is 23.1. The highest BCUT2D eigenvalue weighted by atomic mass is 16.5. The van der Waals surface area contributed by atoms with Crippen LogP contribution in [0.1, 0.15) is 79.0 Å². The van der Waals surface area contributed by atoms with Gasteiger partial charge in [0.2, 0.25) is 5.91 Å². The van der Waals surface area contributed by atoms with E-state index in [1.165, 1.54) is 44.9 Å². The van der Waals surface area contributed by atoms with E-state index in [1.807, 2.05) is 6.92 Å². The van der Waals surface area contributed by atoms with E-state index < -0.39 is 0 Å². The third kappa shape index (κ3) is 10.3. The Morgan fingerprint density at radius 1 is 0.962 bits per heavy atom. The fraction of sp³-hybridized carbons (Fsp3) is 0.905. The zero-order chi connectivity index (χ0) is 19.2. The van der Waals surface area contributed by atoms with Gasteiger partial charge in [-0.15, -0.1) is 0 Å². The fourth-order valence-corrected chi connectivity index (χ4v) is 3.94. The van der Waals surface area contributed by atoms with Crippen LogP contribution in [0.2, 0.25) is 0 Å². The molecule has 0 saturated heterocycles. The zero-order valence-electron chi connectivity index (χ0n) is 16.8. The Morgan fingerprint density at radius 2 is 1.54 bits per heavy atom. The average Bonchev–Trinajstić information content (AvgIpc) is 2.67. The summed E-state index contributed by atoms with van der Waals surface area (Å²) in [6, 6.07) is 0. The topological polar surface area (TPSA) is 78.6 Å². The number of methoxy groups -OCH3 is 1. The normalized spacial score (nSPS) is 23.8. The van der Waals surface area contributed by atoms with Gasteiger partial charge in [0.15, 0.2) is 0 Å². The fourth-order valence-electron chi connectivity index (χ4n) is 3.94. The Morgan fingerprint density at radius 3 is 2.04 bits per heavy atom. The molecule has 0 spiro atoms. The van der Waals surface area contributed by atoms with Crippen LogP contribution in [0.3, 0.4) is 0 Å². The molecule has 0 aromatic rings. The van der Waals surface area contributed by atoms with Gasteiger partial charge in [-0.25, -0.2) is 0 Å². The standard InChI is InChI=1S/C12H23NO3.C9H16O.H2/c1-15-8-10-2-4-11(5-3-10)9-16-7-6-12(13)14;1-2-9(10)8-6-4-3-5-7-8;/h10-11H,2-9H2,1H3,(H2,13,14);8H,2-7H2,1H3;1H. The molecule has 0 aromatic carbocycles. The second-order valence-corrected chi connectivity index (χ2v) is 7.79. The largest absolute Gasteiger partial charge is 0.384 e. The predicted octanol–water partition coefficient (Wildman–Crippen LogP) is 4.12. The van der Waals surface area contributed by atoms with Gasteiger partial charge >= 0.3 is 0 Å². The highest BCUT2D eigenvalue weighted by molar-refractivity contribution is 5.80. The molecule has 2 fully saturated rings. The molecule has 154 valence electrons. The molecule has 1 amide bonds. The molecule has 2 N–H and O–H groups in total. The number of hydrogen-bond acceptors (Lipinski definition) is 4. The zero-order valence-corrected chi connectivity index (χ0v) is 16.8. The first-order valence-electron chi connectivity index (χ1n) is 10.4. The highest BCUT2D eigenvalue weighted by Gasteiger charge is 2.21. The minimum Gasteiger partial charge on any atom is -0.384 e. The third-order valence-electron chi connectivity index (χ3n) is 5.62. The van der Waals surface area contributed by atoms with Gasteiger partial charge in [0, 0.05) is 40.5 Å². The SMILES string of the molecule is CCC(=O)C1CCCCC1.COCC1CCC(COCCC(N)=O)CC1.[HH]. The Bertz CT molecular complexity index is 392. The Hall–Kier alpha value is -0.940. The van der Waals surface area contributed by atoms with Crippen LogP contribution in [0.25, 0.3) is 0 Å². The summed E-state index contributed by atoms with van der Waals surface area (Å²) in [4.78, 5) is 21.7. The molecule has 0 bridgehead atoms. The second kappa shape index (κ2) is 14.2. The van der Waals surface area contributed by atoms with Crippen molar-refractivity contribution >= 4 is 11.7 Å². The van der Waals surface area contributed by atoms with Gasteiger partial charge in [-0.05, 0) is 50.4 Å². The maximum Gasteiger partial charge on any atom is 0.219 e. The van der Waals surface area contributed by atoms with Crippen molar-refractivity contribution in [2.45, 2.75) is 77.6 Å². The number of Topliss-reactive ketones (excluding diaryl/α,β-unsaturated/α-hetero) is 1. The molecule has 26 heavy (non-hydrogen) atoms. The number of amides is 1. The highest BCUT2D eigenvalue weighted by Crippen LogP contribution is 2.29. The van der Waals surface area contributed by atoms with Crippen molar-refractivity contribution in [1.29, 1.82) is 0 Å². The van der Waals surface area contributed by atoms with E-state index in [0.717, 1.165) is 38.4 Å². The second-order valence-electron chi connectivity index (χ2n) is 7.79. The van der Waals surface area contributed by atoms with Crippen LogP contribution in [0, 0.1) is 17.8 Å². The van der Waals surface area contributed by atoms with E-state index in [0.29, 0.717) is 30.6 Å². The van der Waals surface area contributed by atoms with E-state index in [-0.39, 0.29) is 7.33 Å². The molecule has 0 radical (unpaired) electrons. The first-order valence-corrected chi connectivity index (χ1v) is 10.4. The van der Waals surface area contributed by atoms with Gasteiger partial charge in [-0.3, -0.25) is 9.59 Å². The van der Waals surface area contributed by atoms with Gasteiger partial charge in [0.05, 0.1) is 6.61 Å². The van der Waals surface area contributed by atoms with Crippen LogP contribution in [0.4, 0.5) is 0 Å². The lowest BCUT2D eigenvalue weighted by Crippen LogP contribution is -2.22. The predicted molar refractivity (Wildman–Crippen MR) is 106 cm³/mol. The van der Waals surface area contributed by atoms with Crippen LogP contribution >= 0.6 is 0 Å². The van der Waals surface area contributed by atoms with Gasteiger partial charge < -0.3 is 15.2 Å². The van der Waals surface area contributed by atoms with E-state index >= 15 is 0 Å². The number of ketones is 1. The molecule has 0 heterocycles. The number of hydrogen-bond donors (Lipinski definition) is 1. The van der Waals surface area contributed by atoms with Crippen LogP contribution < -0.4 is 5.73 Å². The van der Waals surface area contributed by atoms with Crippen LogP contribution in [0.15, 0.2) is 0 Å². The molecule has 5 heteroatoms. The first-order chi connectivity index (χ1) is 12.6. The number of primary amides is 1. The molecule has 2 rings (SSSR count). The molecule has 2 saturated carbocycles. The van der Waals surface area contributed by atoms with E-state index in [9.17, 15) is 9.59 Å². The van der Waals surface area contributed by atoms with Crippen LogP contribution in [-0.4, -0.2) is 38.6 Å². The lowest BCUT2D eigenvalue weighted by atomic mass is 9.83. The van der Waals surface area contributed by atoms with Crippen molar-refractivity contribution in [2.75, 3.05) is 26.9 Å². The number of ether oxygens (including phenoxy) is 2. The lowest BCUT2D eigenvalue weighted by molar-refractivity contribution is -0.123. The van der Waals surface area contributed by atoms with Crippen LogP contribution in [0.5, 0.6) is 0 Å². The molecular formula is C21H41NO4. The Kier molecular flexibility index (Phi) is 12.6. The summed E-state index contributed by atoms with van der Waals surface area (Å²) < 4.78 is 10.6. The van der Waals surface area contributed by atoms with Crippen LogP contribution in [-0.2, 0) is 19.1 Å². The summed E-state index contributed by atoms with van der Waals surface area (Å²) in [6.45, 7) is 4.09. The third-order valence-corrected chi connectivity index (χ3v) is 5.62. The molecule has 2 aliphatic carbocycles. The van der Waals surface area contributed by atoms with Gasteiger partial charge in [0.1, 0.15) is 5.78 Å². The molecular weight excluding hydrogens is 330 g/mol. The summed E-state index contributed by atoms with van der Waals surface area (Å²) in [7, 11) is 1.76. The Labute approximate surface area is 160 Å². The maximum absolute atomic E-state index is 11.2.